The fraction of sp³-hybridized carbons (Fsp3) is 0.429. The van der Waals surface area contributed by atoms with Crippen LogP contribution in [-0.2, 0) is 0 Å². The summed E-state index contributed by atoms with van der Waals surface area (Å²) in [6.45, 7) is 1.49. The van der Waals surface area contributed by atoms with E-state index in [4.69, 9.17) is 10.2 Å². The van der Waals surface area contributed by atoms with E-state index in [0.29, 0.717) is 24.7 Å². The van der Waals surface area contributed by atoms with Crippen molar-refractivity contribution in [2.45, 2.75) is 12.8 Å². The third-order valence-corrected chi connectivity index (χ3v) is 3.49. The predicted octanol–water partition coefficient (Wildman–Crippen LogP) is 1.62. The van der Waals surface area contributed by atoms with Crippen LogP contribution in [0.3, 0.4) is 0 Å². The molecule has 6 heteroatoms. The summed E-state index contributed by atoms with van der Waals surface area (Å²) in [6.07, 6.45) is 1.63. The van der Waals surface area contributed by atoms with Gasteiger partial charge in [0.1, 0.15) is 0 Å². The number of aliphatic hydroxyl groups excluding tert-OH is 1. The smallest absolute Gasteiger partial charge is 0.335 e. The zero-order valence-electron chi connectivity index (χ0n) is 11.1. The molecule has 6 nitrogen and oxygen atoms in total. The number of aromatic carboxylic acids is 1. The number of urea groups is 1. The largest absolute Gasteiger partial charge is 0.478 e. The first-order valence-corrected chi connectivity index (χ1v) is 6.60. The molecule has 0 aromatic heterocycles. The molecule has 2 rings (SSSR count). The van der Waals surface area contributed by atoms with E-state index in [9.17, 15) is 9.59 Å². The number of aliphatic hydroxyl groups is 1. The van der Waals surface area contributed by atoms with Gasteiger partial charge in [0.25, 0.3) is 0 Å². The van der Waals surface area contributed by atoms with Crippen molar-refractivity contribution in [3.8, 4) is 0 Å². The topological polar surface area (TPSA) is 89.9 Å². The van der Waals surface area contributed by atoms with Crippen LogP contribution in [0.1, 0.15) is 23.2 Å². The van der Waals surface area contributed by atoms with Crippen molar-refractivity contribution >= 4 is 17.7 Å². The number of hydrogen-bond acceptors (Lipinski definition) is 3. The minimum atomic E-state index is -0.991. The van der Waals surface area contributed by atoms with Crippen LogP contribution in [0.5, 0.6) is 0 Å². The fourth-order valence-corrected chi connectivity index (χ4v) is 2.33. The summed E-state index contributed by atoms with van der Waals surface area (Å²) in [6, 6.07) is 5.87. The fourth-order valence-electron chi connectivity index (χ4n) is 2.33. The number of nitrogens with zero attached hydrogens (tertiary/aromatic N) is 1. The zero-order valence-corrected chi connectivity index (χ0v) is 11.1. The van der Waals surface area contributed by atoms with Gasteiger partial charge >= 0.3 is 12.0 Å². The van der Waals surface area contributed by atoms with Crippen LogP contribution in [-0.4, -0.2) is 46.8 Å². The lowest BCUT2D eigenvalue weighted by atomic mass is 10.1. The molecule has 1 saturated heterocycles. The van der Waals surface area contributed by atoms with Gasteiger partial charge in [0.2, 0.25) is 0 Å². The number of carboxylic acids is 1. The Morgan fingerprint density at radius 3 is 2.60 bits per heavy atom. The SMILES string of the molecule is O=C(O)c1ccc(NC(=O)N2CCC(CCO)C2)cc1. The highest BCUT2D eigenvalue weighted by Crippen LogP contribution is 2.20. The van der Waals surface area contributed by atoms with Crippen molar-refractivity contribution in [1.82, 2.24) is 4.90 Å². The number of benzene rings is 1. The average molecular weight is 278 g/mol. The molecule has 0 radical (unpaired) electrons. The van der Waals surface area contributed by atoms with E-state index in [1.54, 1.807) is 17.0 Å². The third-order valence-electron chi connectivity index (χ3n) is 3.49. The summed E-state index contributed by atoms with van der Waals surface area (Å²) < 4.78 is 0. The Hall–Kier alpha value is -2.08. The average Bonchev–Trinajstić information content (AvgIpc) is 2.88. The molecule has 20 heavy (non-hydrogen) atoms. The highest BCUT2D eigenvalue weighted by Gasteiger charge is 2.25. The van der Waals surface area contributed by atoms with Crippen LogP contribution in [0.25, 0.3) is 0 Å². The highest BCUT2D eigenvalue weighted by atomic mass is 16.4. The lowest BCUT2D eigenvalue weighted by Crippen LogP contribution is -2.33. The van der Waals surface area contributed by atoms with Gasteiger partial charge in [-0.05, 0) is 43.0 Å². The predicted molar refractivity (Wildman–Crippen MR) is 73.8 cm³/mol. The van der Waals surface area contributed by atoms with Crippen LogP contribution in [0.2, 0.25) is 0 Å². The van der Waals surface area contributed by atoms with Gasteiger partial charge in [-0.1, -0.05) is 0 Å². The van der Waals surface area contributed by atoms with Crippen LogP contribution in [0.4, 0.5) is 10.5 Å². The molecule has 1 aromatic carbocycles. The van der Waals surface area contributed by atoms with Crippen molar-refractivity contribution in [2.24, 2.45) is 5.92 Å². The van der Waals surface area contributed by atoms with Gasteiger partial charge in [0, 0.05) is 25.4 Å². The maximum absolute atomic E-state index is 12.0. The van der Waals surface area contributed by atoms with Gasteiger partial charge < -0.3 is 20.4 Å². The second kappa shape index (κ2) is 6.38. The van der Waals surface area contributed by atoms with Gasteiger partial charge in [-0.2, -0.15) is 0 Å². The second-order valence-corrected chi connectivity index (χ2v) is 4.93. The maximum atomic E-state index is 12.0. The molecule has 1 atom stereocenters. The van der Waals surface area contributed by atoms with Crippen LogP contribution in [0.15, 0.2) is 24.3 Å². The first-order chi connectivity index (χ1) is 9.60. The molecule has 108 valence electrons. The number of rotatable bonds is 4. The zero-order chi connectivity index (χ0) is 14.5. The number of carbonyl (C=O) groups is 2. The Kier molecular flexibility index (Phi) is 4.57. The molecule has 1 heterocycles. The first kappa shape index (κ1) is 14.3. The number of carbonyl (C=O) groups excluding carboxylic acids is 1. The van der Waals surface area contributed by atoms with Crippen LogP contribution in [0, 0.1) is 5.92 Å². The molecular weight excluding hydrogens is 260 g/mol. The number of likely N-dealkylation sites (tertiary alicyclic amines) is 1. The van der Waals surface area contributed by atoms with E-state index < -0.39 is 5.97 Å². The summed E-state index contributed by atoms with van der Waals surface area (Å²) in [5.41, 5.74) is 0.762. The molecule has 1 aliphatic rings. The van der Waals surface area contributed by atoms with Gasteiger partial charge in [-0.15, -0.1) is 0 Å². The van der Waals surface area contributed by atoms with Gasteiger partial charge in [0.05, 0.1) is 5.56 Å². The molecule has 1 fully saturated rings. The van der Waals surface area contributed by atoms with E-state index in [0.717, 1.165) is 12.8 Å². The quantitative estimate of drug-likeness (QED) is 0.780. The number of anilines is 1. The third kappa shape index (κ3) is 3.48. The maximum Gasteiger partial charge on any atom is 0.335 e. The summed E-state index contributed by atoms with van der Waals surface area (Å²) >= 11 is 0. The van der Waals surface area contributed by atoms with E-state index in [1.807, 2.05) is 0 Å². The van der Waals surface area contributed by atoms with Crippen molar-refractivity contribution in [1.29, 1.82) is 0 Å². The van der Waals surface area contributed by atoms with E-state index >= 15 is 0 Å². The summed E-state index contributed by atoms with van der Waals surface area (Å²) in [4.78, 5) is 24.5. The van der Waals surface area contributed by atoms with Crippen molar-refractivity contribution in [3.63, 3.8) is 0 Å². The minimum Gasteiger partial charge on any atom is -0.478 e. The summed E-state index contributed by atoms with van der Waals surface area (Å²) in [7, 11) is 0. The van der Waals surface area contributed by atoms with E-state index in [2.05, 4.69) is 5.32 Å². The minimum absolute atomic E-state index is 0.150. The second-order valence-electron chi connectivity index (χ2n) is 4.93. The number of carboxylic acid groups (broad SMARTS) is 1. The summed E-state index contributed by atoms with van der Waals surface area (Å²) in [5, 5.41) is 20.4. The van der Waals surface area contributed by atoms with Crippen molar-refractivity contribution in [3.05, 3.63) is 29.8 Å². The molecule has 0 saturated carbocycles. The Morgan fingerprint density at radius 1 is 1.30 bits per heavy atom. The van der Waals surface area contributed by atoms with Crippen molar-refractivity contribution in [2.75, 3.05) is 25.0 Å². The standard InChI is InChI=1S/C14H18N2O4/c17-8-6-10-5-7-16(9-10)14(20)15-12-3-1-11(2-4-12)13(18)19/h1-4,10,17H,5-9H2,(H,15,20)(H,18,19). The van der Waals surface area contributed by atoms with Crippen LogP contribution >= 0.6 is 0 Å². The van der Waals surface area contributed by atoms with E-state index in [-0.39, 0.29) is 18.2 Å². The molecule has 0 spiro atoms. The molecule has 2 amide bonds. The Balaban J connectivity index is 1.90. The van der Waals surface area contributed by atoms with Gasteiger partial charge in [-0.25, -0.2) is 9.59 Å². The molecule has 1 unspecified atom stereocenters. The normalized spacial score (nSPS) is 18.1. The molecule has 1 aliphatic heterocycles. The monoisotopic (exact) mass is 278 g/mol. The van der Waals surface area contributed by atoms with E-state index in [1.165, 1.54) is 12.1 Å². The van der Waals surface area contributed by atoms with Crippen molar-refractivity contribution < 1.29 is 19.8 Å². The Labute approximate surface area is 117 Å². The first-order valence-electron chi connectivity index (χ1n) is 6.60. The number of nitrogens with one attached hydrogen (secondary N) is 1. The molecule has 3 N–H and O–H groups in total. The highest BCUT2D eigenvalue weighted by molar-refractivity contribution is 5.91. The molecule has 1 aromatic rings. The van der Waals surface area contributed by atoms with Gasteiger partial charge in [0.15, 0.2) is 0 Å². The molecular formula is C14H18N2O4. The Bertz CT molecular complexity index is 486. The number of amides is 2. The number of hydrogen-bond donors (Lipinski definition) is 3. The Morgan fingerprint density at radius 2 is 2.00 bits per heavy atom. The summed E-state index contributed by atoms with van der Waals surface area (Å²) in [5.74, 6) is -0.630. The molecule has 0 bridgehead atoms. The van der Waals surface area contributed by atoms with Crippen LogP contribution < -0.4 is 5.32 Å². The van der Waals surface area contributed by atoms with Gasteiger partial charge in [-0.3, -0.25) is 0 Å². The lowest BCUT2D eigenvalue weighted by Gasteiger charge is -2.17. The lowest BCUT2D eigenvalue weighted by molar-refractivity contribution is 0.0697. The molecule has 0 aliphatic carbocycles.